The summed E-state index contributed by atoms with van der Waals surface area (Å²) in [5, 5.41) is 3.81. The van der Waals surface area contributed by atoms with E-state index in [9.17, 15) is 13.9 Å². The molecule has 1 heterocycles. The van der Waals surface area contributed by atoms with Crippen molar-refractivity contribution < 1.29 is 31.5 Å². The van der Waals surface area contributed by atoms with E-state index in [1.807, 2.05) is 0 Å². The molecule has 39 heavy (non-hydrogen) atoms. The fourth-order valence-electron chi connectivity index (χ4n) is 3.44. The molecule has 0 amide bonds. The van der Waals surface area contributed by atoms with Crippen LogP contribution in [0.15, 0.2) is 66.0 Å². The van der Waals surface area contributed by atoms with Gasteiger partial charge in [0.2, 0.25) is 5.95 Å². The van der Waals surface area contributed by atoms with Crippen LogP contribution in [0, 0.1) is 0 Å². The van der Waals surface area contributed by atoms with Gasteiger partial charge in [0, 0.05) is 37.0 Å². The molecule has 1 unspecified atom stereocenters. The summed E-state index contributed by atoms with van der Waals surface area (Å²) in [6.45, 7) is -0.497. The van der Waals surface area contributed by atoms with Crippen LogP contribution >= 0.6 is 0 Å². The van der Waals surface area contributed by atoms with Crippen molar-refractivity contribution in [3.05, 3.63) is 76.9 Å². The summed E-state index contributed by atoms with van der Waals surface area (Å²) >= 11 is 0. The Kier molecular flexibility index (Phi) is 10.1. The lowest BCUT2D eigenvalue weighted by Crippen LogP contribution is -2.41. The maximum atomic E-state index is 11.8. The zero-order valence-electron chi connectivity index (χ0n) is 22.2. The smallest absolute Gasteiger partial charge is 0.264 e. The van der Waals surface area contributed by atoms with Gasteiger partial charge in [-0.3, -0.25) is 4.18 Å². The topological polar surface area (TPSA) is 158 Å². The number of ether oxygens (including phenoxy) is 4. The molecule has 2 aromatic carbocycles. The van der Waals surface area contributed by atoms with Gasteiger partial charge in [-0.15, -0.1) is 0 Å². The molecular weight excluding hydrogens is 528 g/mol. The maximum absolute atomic E-state index is 11.8. The Bertz CT molecular complexity index is 1350. The molecule has 0 N–H and O–H groups in total. The summed E-state index contributed by atoms with van der Waals surface area (Å²) in [4.78, 5) is 13.4. The summed E-state index contributed by atoms with van der Waals surface area (Å²) in [7, 11) is 2.82. The Morgan fingerprint density at radius 2 is 1.38 bits per heavy atom. The molecule has 0 saturated carbocycles. The lowest BCUT2D eigenvalue weighted by Gasteiger charge is -2.32. The molecular formula is C25H30N6O7S. The third-order valence-electron chi connectivity index (χ3n) is 5.37. The van der Waals surface area contributed by atoms with Crippen molar-refractivity contribution in [1.29, 1.82) is 0 Å². The van der Waals surface area contributed by atoms with Crippen LogP contribution in [0.2, 0.25) is 0 Å². The predicted molar refractivity (Wildman–Crippen MR) is 144 cm³/mol. The fourth-order valence-corrected chi connectivity index (χ4v) is 3.83. The van der Waals surface area contributed by atoms with Crippen LogP contribution in [-0.2, 0) is 14.3 Å². The maximum Gasteiger partial charge on any atom is 0.264 e. The number of methoxy groups -OCH3 is 2. The zero-order valence-corrected chi connectivity index (χ0v) is 23.0. The molecule has 13 nitrogen and oxygen atoms in total. The van der Waals surface area contributed by atoms with Gasteiger partial charge in [0.25, 0.3) is 10.1 Å². The van der Waals surface area contributed by atoms with E-state index in [4.69, 9.17) is 23.1 Å². The molecule has 1 aromatic heterocycles. The first-order valence-corrected chi connectivity index (χ1v) is 13.4. The molecule has 3 aromatic rings. The summed E-state index contributed by atoms with van der Waals surface area (Å²) < 4.78 is 51.7. The first kappa shape index (κ1) is 29.3. The summed E-state index contributed by atoms with van der Waals surface area (Å²) in [5.74, 6) is 2.50. The van der Waals surface area contributed by atoms with Crippen molar-refractivity contribution in [2.24, 2.45) is 5.11 Å². The van der Waals surface area contributed by atoms with Crippen LogP contribution in [-0.4, -0.2) is 71.7 Å². The normalized spacial score (nSPS) is 13.4. The lowest BCUT2D eigenvalue weighted by atomic mass is 10.0. The molecule has 3 rings (SSSR count). The zero-order chi connectivity index (χ0) is 28.4. The molecule has 0 spiro atoms. The fraction of sp³-hybridized carbons (Fsp3) is 0.360. The van der Waals surface area contributed by atoms with E-state index in [1.165, 1.54) is 7.11 Å². The van der Waals surface area contributed by atoms with Gasteiger partial charge in [0.05, 0.1) is 27.1 Å². The second-order valence-corrected chi connectivity index (χ2v) is 10.1. The molecule has 0 aliphatic carbocycles. The van der Waals surface area contributed by atoms with Crippen LogP contribution in [0.4, 0.5) is 5.95 Å². The first-order chi connectivity index (χ1) is 18.6. The van der Waals surface area contributed by atoms with E-state index in [0.29, 0.717) is 34.5 Å². The van der Waals surface area contributed by atoms with Crippen LogP contribution in [0.3, 0.4) is 0 Å². The molecule has 0 aliphatic rings. The molecule has 208 valence electrons. The second kappa shape index (κ2) is 13.5. The third kappa shape index (κ3) is 8.64. The molecule has 3 atom stereocenters. The number of hydrogen-bond donors (Lipinski definition) is 0. The van der Waals surface area contributed by atoms with Crippen molar-refractivity contribution in [2.45, 2.75) is 18.2 Å². The monoisotopic (exact) mass is 558 g/mol. The van der Waals surface area contributed by atoms with E-state index in [1.54, 1.807) is 87.0 Å². The lowest BCUT2D eigenvalue weighted by molar-refractivity contribution is 0.0257. The third-order valence-corrected chi connectivity index (χ3v) is 5.94. The molecule has 0 radical (unpaired) electrons. The summed E-state index contributed by atoms with van der Waals surface area (Å²) in [5.41, 5.74) is 9.82. The van der Waals surface area contributed by atoms with Gasteiger partial charge < -0.3 is 23.8 Å². The predicted octanol–water partition coefficient (Wildman–Crippen LogP) is 3.78. The Balaban J connectivity index is 2.11. The minimum atomic E-state index is -3.87. The van der Waals surface area contributed by atoms with E-state index in [0.717, 1.165) is 6.26 Å². The standard InChI is InChI=1S/C25H30N6O7S/c1-31(2)25-27-14-17(15-28-25)23(37-20-10-6-18(34-3)7-11-20)24(22(29-30-26)16-36-39(5,32)33)38-21-12-8-19(35-4)9-13-21/h6-15,22-24H,16H2,1-5H3/t22?,23-,24-/m1/s1. The van der Waals surface area contributed by atoms with Crippen molar-refractivity contribution >= 4 is 16.1 Å². The van der Waals surface area contributed by atoms with Crippen molar-refractivity contribution in [3.63, 3.8) is 0 Å². The highest BCUT2D eigenvalue weighted by Crippen LogP contribution is 2.32. The van der Waals surface area contributed by atoms with E-state index >= 15 is 0 Å². The molecule has 0 fully saturated rings. The second-order valence-electron chi connectivity index (χ2n) is 8.44. The van der Waals surface area contributed by atoms with Gasteiger partial charge in [-0.2, -0.15) is 8.42 Å². The quantitative estimate of drug-likeness (QED) is 0.123. The number of nitrogens with zero attached hydrogens (tertiary/aromatic N) is 6. The van der Waals surface area contributed by atoms with Crippen molar-refractivity contribution in [1.82, 2.24) is 9.97 Å². The highest BCUT2D eigenvalue weighted by Gasteiger charge is 2.36. The van der Waals surface area contributed by atoms with Crippen LogP contribution in [0.25, 0.3) is 10.4 Å². The summed E-state index contributed by atoms with van der Waals surface area (Å²) in [6, 6.07) is 12.4. The van der Waals surface area contributed by atoms with E-state index in [-0.39, 0.29) is 0 Å². The van der Waals surface area contributed by atoms with Crippen LogP contribution in [0.5, 0.6) is 23.0 Å². The number of hydrogen-bond acceptors (Lipinski definition) is 11. The Hall–Kier alpha value is -4.26. The number of rotatable bonds is 14. The minimum absolute atomic E-state index is 0.382. The van der Waals surface area contributed by atoms with Gasteiger partial charge in [0.1, 0.15) is 29.0 Å². The minimum Gasteiger partial charge on any atom is -0.497 e. The van der Waals surface area contributed by atoms with Gasteiger partial charge in [0.15, 0.2) is 12.2 Å². The van der Waals surface area contributed by atoms with Gasteiger partial charge in [-0.1, -0.05) is 5.11 Å². The highest BCUT2D eigenvalue weighted by atomic mass is 32.2. The average Bonchev–Trinajstić information content (AvgIpc) is 2.93. The van der Waals surface area contributed by atoms with E-state index < -0.39 is 35.0 Å². The number of benzene rings is 2. The highest BCUT2D eigenvalue weighted by molar-refractivity contribution is 7.85. The summed E-state index contributed by atoms with van der Waals surface area (Å²) in [6.07, 6.45) is 1.96. The van der Waals surface area contributed by atoms with Crippen LogP contribution in [0.1, 0.15) is 11.7 Å². The number of azide groups is 1. The van der Waals surface area contributed by atoms with Crippen LogP contribution < -0.4 is 23.8 Å². The first-order valence-electron chi connectivity index (χ1n) is 11.6. The van der Waals surface area contributed by atoms with Crippen molar-refractivity contribution in [3.8, 4) is 23.0 Å². The average molecular weight is 559 g/mol. The Morgan fingerprint density at radius 1 is 0.897 bits per heavy atom. The molecule has 14 heteroatoms. The van der Waals surface area contributed by atoms with Gasteiger partial charge in [-0.05, 0) is 54.1 Å². The Morgan fingerprint density at radius 3 is 1.82 bits per heavy atom. The molecule has 0 aliphatic heterocycles. The van der Waals surface area contributed by atoms with Gasteiger partial charge >= 0.3 is 0 Å². The SMILES string of the molecule is COc1ccc(O[C@H](c2cnc(N(C)C)nc2)[C@H](Oc2ccc(OC)cc2)C(COS(C)(=O)=O)N=[N+]=[N-])cc1. The number of aromatic nitrogens is 2. The van der Waals surface area contributed by atoms with Crippen molar-refractivity contribution in [2.75, 3.05) is 46.1 Å². The Labute approximate surface area is 227 Å². The van der Waals surface area contributed by atoms with E-state index in [2.05, 4.69) is 20.0 Å². The number of anilines is 1. The molecule has 0 bridgehead atoms. The largest absolute Gasteiger partial charge is 0.497 e. The molecule has 0 saturated heterocycles. The van der Waals surface area contributed by atoms with Gasteiger partial charge in [-0.25, -0.2) is 9.97 Å².